The highest BCUT2D eigenvalue weighted by Gasteiger charge is 2.18. The molecule has 8 heteroatoms. The van der Waals surface area contributed by atoms with Crippen LogP contribution in [0.25, 0.3) is 28.3 Å². The van der Waals surface area contributed by atoms with Crippen LogP contribution in [0, 0.1) is 5.82 Å². The summed E-state index contributed by atoms with van der Waals surface area (Å²) in [4.78, 5) is 14.0. The van der Waals surface area contributed by atoms with Crippen molar-refractivity contribution in [1.82, 2.24) is 19.4 Å². The van der Waals surface area contributed by atoms with Crippen LogP contribution >= 0.6 is 23.2 Å². The second-order valence-corrected chi connectivity index (χ2v) is 8.63. The molecular formula is C26H20Cl2FN5. The number of hydrogen-bond acceptors (Lipinski definition) is 4. The second-order valence-electron chi connectivity index (χ2n) is 7.79. The largest absolute Gasteiger partial charge is 0.350 e. The van der Waals surface area contributed by atoms with Crippen LogP contribution in [-0.2, 0) is 13.0 Å². The Labute approximate surface area is 206 Å². The van der Waals surface area contributed by atoms with Crippen molar-refractivity contribution >= 4 is 34.8 Å². The molecule has 0 unspecified atom stereocenters. The minimum atomic E-state index is -0.295. The van der Waals surface area contributed by atoms with E-state index in [9.17, 15) is 4.39 Å². The van der Waals surface area contributed by atoms with Crippen LogP contribution in [0.2, 0.25) is 10.0 Å². The average Bonchev–Trinajstić information content (AvgIpc) is 3.23. The van der Waals surface area contributed by atoms with Gasteiger partial charge in [0.15, 0.2) is 0 Å². The molecule has 0 aliphatic rings. The van der Waals surface area contributed by atoms with Crippen molar-refractivity contribution in [1.29, 1.82) is 0 Å². The summed E-state index contributed by atoms with van der Waals surface area (Å²) in [6.07, 6.45) is 4.59. The highest BCUT2D eigenvalue weighted by molar-refractivity contribution is 6.35. The summed E-state index contributed by atoms with van der Waals surface area (Å²) in [6.45, 7) is 2.54. The molecular weight excluding hydrogens is 472 g/mol. The Morgan fingerprint density at radius 3 is 2.56 bits per heavy atom. The van der Waals surface area contributed by atoms with E-state index in [1.54, 1.807) is 30.5 Å². The van der Waals surface area contributed by atoms with Crippen LogP contribution in [0.15, 0.2) is 73.1 Å². The molecule has 0 atom stereocenters. The van der Waals surface area contributed by atoms with Gasteiger partial charge in [0.25, 0.3) is 0 Å². The summed E-state index contributed by atoms with van der Waals surface area (Å²) >= 11 is 12.3. The van der Waals surface area contributed by atoms with Gasteiger partial charge in [0.2, 0.25) is 5.95 Å². The quantitative estimate of drug-likeness (QED) is 0.275. The van der Waals surface area contributed by atoms with E-state index < -0.39 is 0 Å². The fraction of sp³-hybridized carbons (Fsp3) is 0.115. The number of halogens is 3. The van der Waals surface area contributed by atoms with E-state index in [1.165, 1.54) is 17.7 Å². The Bertz CT molecular complexity index is 1480. The first-order chi connectivity index (χ1) is 16.5. The van der Waals surface area contributed by atoms with Crippen molar-refractivity contribution in [3.05, 3.63) is 100 Å². The molecule has 5 rings (SSSR count). The second kappa shape index (κ2) is 9.41. The number of aromatic nitrogens is 4. The number of nitrogens with zero attached hydrogens (tertiary/aromatic N) is 4. The number of rotatable bonds is 6. The van der Waals surface area contributed by atoms with Crippen LogP contribution in [0.5, 0.6) is 0 Å². The Kier molecular flexibility index (Phi) is 6.18. The first-order valence-corrected chi connectivity index (χ1v) is 11.6. The molecule has 0 aliphatic carbocycles. The summed E-state index contributed by atoms with van der Waals surface area (Å²) in [6, 6.07) is 17.6. The fourth-order valence-electron chi connectivity index (χ4n) is 3.78. The Morgan fingerprint density at radius 1 is 0.971 bits per heavy atom. The van der Waals surface area contributed by atoms with Gasteiger partial charge >= 0.3 is 0 Å². The van der Waals surface area contributed by atoms with Gasteiger partial charge < -0.3 is 5.32 Å². The standard InChI is InChI=1S/C26H20Cl2FN5/c1-2-16-10-12-34-23(13-16)33-24(17-4-7-20(29)8-5-17)25(34)22-9-11-30-26(32-22)31-15-18-3-6-19(27)14-21(18)28/h3-14H,2,15H2,1H3,(H,30,31,32). The maximum atomic E-state index is 13.6. The zero-order chi connectivity index (χ0) is 23.7. The highest BCUT2D eigenvalue weighted by Crippen LogP contribution is 2.32. The number of imidazole rings is 1. The van der Waals surface area contributed by atoms with Crippen LogP contribution < -0.4 is 5.32 Å². The molecule has 1 N–H and O–H groups in total. The zero-order valence-corrected chi connectivity index (χ0v) is 19.8. The molecule has 170 valence electrons. The fourth-order valence-corrected chi connectivity index (χ4v) is 4.25. The van der Waals surface area contributed by atoms with Crippen molar-refractivity contribution in [3.63, 3.8) is 0 Å². The van der Waals surface area contributed by atoms with Crippen molar-refractivity contribution in [2.75, 3.05) is 5.32 Å². The molecule has 5 nitrogen and oxygen atoms in total. The van der Waals surface area contributed by atoms with Gasteiger partial charge in [-0.1, -0.05) is 36.2 Å². The predicted octanol–water partition coefficient (Wildman–Crippen LogP) is 7.08. The third kappa shape index (κ3) is 4.47. The van der Waals surface area contributed by atoms with E-state index in [0.29, 0.717) is 28.2 Å². The number of pyridine rings is 1. The van der Waals surface area contributed by atoms with Gasteiger partial charge in [-0.3, -0.25) is 4.40 Å². The summed E-state index contributed by atoms with van der Waals surface area (Å²) < 4.78 is 15.6. The number of nitrogens with one attached hydrogen (secondary N) is 1. The number of hydrogen-bond donors (Lipinski definition) is 1. The van der Waals surface area contributed by atoms with Crippen molar-refractivity contribution < 1.29 is 4.39 Å². The van der Waals surface area contributed by atoms with Gasteiger partial charge in [-0.2, -0.15) is 0 Å². The molecule has 2 aromatic carbocycles. The van der Waals surface area contributed by atoms with Crippen molar-refractivity contribution in [2.24, 2.45) is 0 Å². The van der Waals surface area contributed by atoms with Crippen LogP contribution in [-0.4, -0.2) is 19.4 Å². The van der Waals surface area contributed by atoms with E-state index in [4.69, 9.17) is 33.2 Å². The van der Waals surface area contributed by atoms with E-state index in [1.807, 2.05) is 22.7 Å². The van der Waals surface area contributed by atoms with Crippen LogP contribution in [0.3, 0.4) is 0 Å². The molecule has 34 heavy (non-hydrogen) atoms. The maximum absolute atomic E-state index is 13.6. The molecule has 3 aromatic heterocycles. The first kappa shape index (κ1) is 22.3. The minimum absolute atomic E-state index is 0.295. The lowest BCUT2D eigenvalue weighted by Crippen LogP contribution is -2.05. The number of benzene rings is 2. The average molecular weight is 492 g/mol. The van der Waals surface area contributed by atoms with E-state index in [-0.39, 0.29) is 5.82 Å². The summed E-state index contributed by atoms with van der Waals surface area (Å²) in [5, 5.41) is 4.38. The van der Waals surface area contributed by atoms with Crippen LogP contribution in [0.4, 0.5) is 10.3 Å². The Balaban J connectivity index is 1.56. The smallest absolute Gasteiger partial charge is 0.223 e. The Morgan fingerprint density at radius 2 is 1.79 bits per heavy atom. The van der Waals surface area contributed by atoms with Gasteiger partial charge in [-0.25, -0.2) is 19.3 Å². The van der Waals surface area contributed by atoms with Crippen LogP contribution in [0.1, 0.15) is 18.1 Å². The van der Waals surface area contributed by atoms with Gasteiger partial charge in [-0.15, -0.1) is 0 Å². The SMILES string of the molecule is CCc1ccn2c(-c3ccnc(NCc4ccc(Cl)cc4Cl)n3)c(-c3ccc(F)cc3)nc2c1. The summed E-state index contributed by atoms with van der Waals surface area (Å²) in [5.74, 6) is 0.158. The van der Waals surface area contributed by atoms with E-state index >= 15 is 0 Å². The lowest BCUT2D eigenvalue weighted by molar-refractivity contribution is 0.628. The molecule has 5 aromatic rings. The molecule has 0 amide bonds. The van der Waals surface area contributed by atoms with Gasteiger partial charge in [-0.05, 0) is 72.1 Å². The minimum Gasteiger partial charge on any atom is -0.350 e. The molecule has 0 spiro atoms. The summed E-state index contributed by atoms with van der Waals surface area (Å²) in [5.41, 5.74) is 5.89. The monoisotopic (exact) mass is 491 g/mol. The van der Waals surface area contributed by atoms with Gasteiger partial charge in [0, 0.05) is 34.5 Å². The lowest BCUT2D eigenvalue weighted by Gasteiger charge is -2.10. The van der Waals surface area contributed by atoms with E-state index in [2.05, 4.69) is 29.4 Å². The third-order valence-electron chi connectivity index (χ3n) is 5.57. The maximum Gasteiger partial charge on any atom is 0.223 e. The summed E-state index contributed by atoms with van der Waals surface area (Å²) in [7, 11) is 0. The number of aryl methyl sites for hydroxylation is 1. The van der Waals surface area contributed by atoms with Gasteiger partial charge in [0.1, 0.15) is 11.5 Å². The van der Waals surface area contributed by atoms with Crippen molar-refractivity contribution in [2.45, 2.75) is 19.9 Å². The number of anilines is 1. The molecule has 0 aliphatic heterocycles. The molecule has 0 fully saturated rings. The molecule has 0 saturated carbocycles. The number of fused-ring (bicyclic) bond motifs is 1. The predicted molar refractivity (Wildman–Crippen MR) is 135 cm³/mol. The normalized spacial score (nSPS) is 11.2. The van der Waals surface area contributed by atoms with Crippen molar-refractivity contribution in [3.8, 4) is 22.6 Å². The topological polar surface area (TPSA) is 55.1 Å². The Hall–Kier alpha value is -3.48. The zero-order valence-electron chi connectivity index (χ0n) is 18.3. The molecule has 3 heterocycles. The molecule has 0 saturated heterocycles. The molecule has 0 bridgehead atoms. The molecule has 0 radical (unpaired) electrons. The lowest BCUT2D eigenvalue weighted by atomic mass is 10.1. The van der Waals surface area contributed by atoms with Gasteiger partial charge in [0.05, 0.1) is 17.1 Å². The first-order valence-electron chi connectivity index (χ1n) is 10.8. The highest BCUT2D eigenvalue weighted by atomic mass is 35.5. The van der Waals surface area contributed by atoms with E-state index in [0.717, 1.165) is 34.6 Å². The third-order valence-corrected chi connectivity index (χ3v) is 6.15.